The van der Waals surface area contributed by atoms with Crippen molar-refractivity contribution >= 4 is 15.9 Å². The lowest BCUT2D eigenvalue weighted by atomic mass is 10.1. The van der Waals surface area contributed by atoms with Crippen molar-refractivity contribution in [2.45, 2.75) is 24.9 Å². The zero-order valence-electron chi connectivity index (χ0n) is 8.39. The first-order valence-electron chi connectivity index (χ1n) is 4.78. The molecule has 1 saturated carbocycles. The summed E-state index contributed by atoms with van der Waals surface area (Å²) >= 11 is 3.24. The van der Waals surface area contributed by atoms with Gasteiger partial charge in [-0.3, -0.25) is 0 Å². The molecule has 4 heteroatoms. The molecule has 1 N–H and O–H groups in total. The fourth-order valence-electron chi connectivity index (χ4n) is 1.65. The van der Waals surface area contributed by atoms with E-state index < -0.39 is 5.60 Å². The van der Waals surface area contributed by atoms with E-state index in [1.807, 2.05) is 0 Å². The van der Waals surface area contributed by atoms with Crippen LogP contribution in [0.2, 0.25) is 0 Å². The molecule has 1 aliphatic carbocycles. The van der Waals surface area contributed by atoms with Crippen LogP contribution >= 0.6 is 15.9 Å². The summed E-state index contributed by atoms with van der Waals surface area (Å²) in [7, 11) is 1.54. The fourth-order valence-corrected chi connectivity index (χ4v) is 2.28. The van der Waals surface area contributed by atoms with Gasteiger partial charge in [0.15, 0.2) is 0 Å². The third-order valence-corrected chi connectivity index (χ3v) is 3.23. The highest BCUT2D eigenvalue weighted by Crippen LogP contribution is 2.41. The summed E-state index contributed by atoms with van der Waals surface area (Å²) in [6.07, 6.45) is 2.01. The van der Waals surface area contributed by atoms with Crippen molar-refractivity contribution < 1.29 is 14.2 Å². The van der Waals surface area contributed by atoms with Gasteiger partial charge in [0.2, 0.25) is 0 Å². The Balaban J connectivity index is 2.35. The Hall–Kier alpha value is -0.610. The molecule has 1 aromatic rings. The van der Waals surface area contributed by atoms with Gasteiger partial charge in [-0.2, -0.15) is 0 Å². The van der Waals surface area contributed by atoms with Crippen LogP contribution < -0.4 is 4.74 Å². The minimum absolute atomic E-state index is 0.318. The summed E-state index contributed by atoms with van der Waals surface area (Å²) < 4.78 is 18.9. The van der Waals surface area contributed by atoms with Gasteiger partial charge in [-0.1, -0.05) is 0 Å². The second kappa shape index (κ2) is 3.76. The van der Waals surface area contributed by atoms with Crippen molar-refractivity contribution in [2.24, 2.45) is 0 Å². The average Bonchev–Trinajstić information content (AvgIpc) is 2.82. The third kappa shape index (κ3) is 2.32. The van der Waals surface area contributed by atoms with Crippen LogP contribution in [-0.4, -0.2) is 17.8 Å². The maximum absolute atomic E-state index is 13.2. The molecule has 1 fully saturated rings. The largest absolute Gasteiger partial charge is 0.495 e. The van der Waals surface area contributed by atoms with Gasteiger partial charge < -0.3 is 9.84 Å². The van der Waals surface area contributed by atoms with Gasteiger partial charge in [0.25, 0.3) is 0 Å². The Kier molecular flexibility index (Phi) is 2.73. The Morgan fingerprint density at radius 2 is 2.20 bits per heavy atom. The van der Waals surface area contributed by atoms with Gasteiger partial charge >= 0.3 is 0 Å². The molecule has 0 atom stereocenters. The normalized spacial score (nSPS) is 17.6. The van der Waals surface area contributed by atoms with Gasteiger partial charge in [0, 0.05) is 12.0 Å². The van der Waals surface area contributed by atoms with Crippen molar-refractivity contribution in [1.29, 1.82) is 0 Å². The lowest BCUT2D eigenvalue weighted by Crippen LogP contribution is -2.12. The number of hydrogen-bond donors (Lipinski definition) is 1. The second-order valence-corrected chi connectivity index (χ2v) is 4.84. The highest BCUT2D eigenvalue weighted by Gasteiger charge is 2.41. The average molecular weight is 275 g/mol. The highest BCUT2D eigenvalue weighted by atomic mass is 79.9. The lowest BCUT2D eigenvalue weighted by molar-refractivity contribution is 0.150. The molecule has 1 aliphatic rings. The smallest absolute Gasteiger partial charge is 0.136 e. The molecule has 0 amide bonds. The van der Waals surface area contributed by atoms with Crippen LogP contribution in [0.4, 0.5) is 4.39 Å². The van der Waals surface area contributed by atoms with Crippen molar-refractivity contribution in [1.82, 2.24) is 0 Å². The molecule has 0 heterocycles. The van der Waals surface area contributed by atoms with E-state index in [9.17, 15) is 9.50 Å². The maximum Gasteiger partial charge on any atom is 0.136 e. The quantitative estimate of drug-likeness (QED) is 0.919. The Labute approximate surface area is 96.2 Å². The predicted octanol–water partition coefficient (Wildman–Crippen LogP) is 2.66. The van der Waals surface area contributed by atoms with E-state index in [2.05, 4.69) is 15.9 Å². The van der Waals surface area contributed by atoms with Crippen LogP contribution in [0.25, 0.3) is 0 Å². The number of methoxy groups -OCH3 is 1. The first kappa shape index (κ1) is 10.9. The Morgan fingerprint density at radius 3 is 2.73 bits per heavy atom. The first-order valence-corrected chi connectivity index (χ1v) is 5.58. The van der Waals surface area contributed by atoms with Crippen LogP contribution in [0.15, 0.2) is 16.6 Å². The van der Waals surface area contributed by atoms with Crippen LogP contribution in [0.3, 0.4) is 0 Å². The van der Waals surface area contributed by atoms with Gasteiger partial charge in [0.1, 0.15) is 11.6 Å². The van der Waals surface area contributed by atoms with Crippen molar-refractivity contribution in [2.75, 3.05) is 7.11 Å². The van der Waals surface area contributed by atoms with E-state index in [4.69, 9.17) is 4.74 Å². The molecule has 82 valence electrons. The van der Waals surface area contributed by atoms with Crippen LogP contribution in [0.1, 0.15) is 18.4 Å². The first-order chi connectivity index (χ1) is 7.04. The van der Waals surface area contributed by atoms with Gasteiger partial charge in [-0.15, -0.1) is 0 Å². The van der Waals surface area contributed by atoms with E-state index in [0.29, 0.717) is 22.2 Å². The number of ether oxygens (including phenoxy) is 1. The molecule has 0 aliphatic heterocycles. The van der Waals surface area contributed by atoms with Crippen molar-refractivity contribution in [3.05, 3.63) is 28.0 Å². The predicted molar refractivity (Wildman–Crippen MR) is 58.5 cm³/mol. The fraction of sp³-hybridized carbons (Fsp3) is 0.455. The lowest BCUT2D eigenvalue weighted by Gasteiger charge is -2.13. The summed E-state index contributed by atoms with van der Waals surface area (Å²) in [6.45, 7) is 0. The van der Waals surface area contributed by atoms with E-state index in [1.165, 1.54) is 12.1 Å². The Morgan fingerprint density at radius 1 is 1.53 bits per heavy atom. The number of hydrogen-bond acceptors (Lipinski definition) is 2. The number of halogens is 2. The van der Waals surface area contributed by atoms with Crippen molar-refractivity contribution in [3.63, 3.8) is 0 Å². The zero-order valence-corrected chi connectivity index (χ0v) is 9.97. The molecule has 0 saturated heterocycles. The molecule has 0 radical (unpaired) electrons. The molecule has 0 spiro atoms. The summed E-state index contributed by atoms with van der Waals surface area (Å²) in [5, 5.41) is 9.79. The minimum atomic E-state index is -0.638. The summed E-state index contributed by atoms with van der Waals surface area (Å²) in [5.41, 5.74) is 0.0740. The van der Waals surface area contributed by atoms with Crippen molar-refractivity contribution in [3.8, 4) is 5.75 Å². The topological polar surface area (TPSA) is 29.5 Å². The van der Waals surface area contributed by atoms with E-state index in [1.54, 1.807) is 7.11 Å². The number of rotatable bonds is 3. The maximum atomic E-state index is 13.2. The molecular formula is C11H12BrFO2. The van der Waals surface area contributed by atoms with Gasteiger partial charge in [-0.25, -0.2) is 4.39 Å². The van der Waals surface area contributed by atoms with Gasteiger partial charge in [0.05, 0.1) is 17.2 Å². The molecule has 0 aromatic heterocycles. The van der Waals surface area contributed by atoms with Crippen LogP contribution in [0, 0.1) is 5.82 Å². The SMILES string of the molecule is COc1c(Br)cc(F)cc1CC1(O)CC1. The van der Waals surface area contributed by atoms with Gasteiger partial charge in [-0.05, 0) is 40.9 Å². The molecule has 0 unspecified atom stereocenters. The van der Waals surface area contributed by atoms with Crippen LogP contribution in [-0.2, 0) is 6.42 Å². The van der Waals surface area contributed by atoms with E-state index >= 15 is 0 Å². The standard InChI is InChI=1S/C11H12BrFO2/c1-15-10-7(6-11(14)2-3-11)4-8(13)5-9(10)12/h4-5,14H,2-3,6H2,1H3. The molecule has 2 nitrogen and oxygen atoms in total. The Bertz CT molecular complexity index is 388. The number of aliphatic hydroxyl groups is 1. The summed E-state index contributed by atoms with van der Waals surface area (Å²) in [4.78, 5) is 0. The molecular weight excluding hydrogens is 263 g/mol. The van der Waals surface area contributed by atoms with Crippen LogP contribution in [0.5, 0.6) is 5.75 Å². The third-order valence-electron chi connectivity index (χ3n) is 2.64. The molecule has 1 aromatic carbocycles. The monoisotopic (exact) mass is 274 g/mol. The summed E-state index contributed by atoms with van der Waals surface area (Å²) in [6, 6.07) is 2.78. The molecule has 0 bridgehead atoms. The highest BCUT2D eigenvalue weighted by molar-refractivity contribution is 9.10. The molecule has 15 heavy (non-hydrogen) atoms. The molecule has 2 rings (SSSR count). The summed E-state index contributed by atoms with van der Waals surface area (Å²) in [5.74, 6) is 0.290. The zero-order chi connectivity index (χ0) is 11.1. The second-order valence-electron chi connectivity index (χ2n) is 3.98. The van der Waals surface area contributed by atoms with E-state index in [0.717, 1.165) is 12.8 Å². The van der Waals surface area contributed by atoms with E-state index in [-0.39, 0.29) is 5.82 Å². The number of benzene rings is 1. The minimum Gasteiger partial charge on any atom is -0.495 e.